The number of rotatable bonds is 4. The molecule has 0 aliphatic heterocycles. The minimum absolute atomic E-state index is 0.637. The van der Waals surface area contributed by atoms with E-state index in [1.807, 2.05) is 7.05 Å². The van der Waals surface area contributed by atoms with Gasteiger partial charge in [-0.2, -0.15) is 4.98 Å². The molecule has 0 bridgehead atoms. The van der Waals surface area contributed by atoms with Crippen LogP contribution in [0.3, 0.4) is 0 Å². The molecule has 0 unspecified atom stereocenters. The van der Waals surface area contributed by atoms with E-state index in [0.717, 1.165) is 28.1 Å². The van der Waals surface area contributed by atoms with Crippen molar-refractivity contribution in [1.82, 2.24) is 9.97 Å². The number of anilines is 3. The van der Waals surface area contributed by atoms with Crippen molar-refractivity contribution in [1.29, 1.82) is 0 Å². The fourth-order valence-electron chi connectivity index (χ4n) is 2.25. The Hall–Kier alpha value is -2.14. The summed E-state index contributed by atoms with van der Waals surface area (Å²) in [6.07, 6.45) is 1.02. The number of thiophene rings is 1. The van der Waals surface area contributed by atoms with Crippen LogP contribution in [0.25, 0.3) is 10.2 Å². The van der Waals surface area contributed by atoms with Crippen molar-refractivity contribution in [3.63, 3.8) is 0 Å². The lowest BCUT2D eigenvalue weighted by molar-refractivity contribution is 1.14. The summed E-state index contributed by atoms with van der Waals surface area (Å²) in [5.74, 6) is 1.49. The number of nitrogens with zero attached hydrogens (tertiary/aromatic N) is 2. The predicted molar refractivity (Wildman–Crippen MR) is 90.8 cm³/mol. The van der Waals surface area contributed by atoms with Crippen LogP contribution < -0.4 is 10.6 Å². The first-order valence-corrected chi connectivity index (χ1v) is 7.83. The third kappa shape index (κ3) is 2.83. The fourth-order valence-corrected chi connectivity index (χ4v) is 3.13. The maximum Gasteiger partial charge on any atom is 0.225 e. The standard InChI is InChI=1S/C16H18N4S/c1-4-11-6-5-7-12(9-11)18-14-13-8-10(2)21-15(13)20-16(17-3)19-14/h5-9H,4H2,1-3H3,(H2,17,18,19,20). The zero-order valence-corrected chi connectivity index (χ0v) is 13.2. The molecular formula is C16H18N4S. The van der Waals surface area contributed by atoms with Gasteiger partial charge in [-0.1, -0.05) is 19.1 Å². The van der Waals surface area contributed by atoms with Gasteiger partial charge in [-0.25, -0.2) is 4.98 Å². The van der Waals surface area contributed by atoms with Gasteiger partial charge in [-0.3, -0.25) is 0 Å². The monoisotopic (exact) mass is 298 g/mol. The third-order valence-corrected chi connectivity index (χ3v) is 4.28. The van der Waals surface area contributed by atoms with Gasteiger partial charge in [0.25, 0.3) is 0 Å². The van der Waals surface area contributed by atoms with Crippen molar-refractivity contribution >= 4 is 39.0 Å². The van der Waals surface area contributed by atoms with Crippen molar-refractivity contribution in [2.75, 3.05) is 17.7 Å². The van der Waals surface area contributed by atoms with Gasteiger partial charge in [0.1, 0.15) is 10.6 Å². The molecule has 0 spiro atoms. The Morgan fingerprint density at radius 2 is 2.05 bits per heavy atom. The Morgan fingerprint density at radius 3 is 2.81 bits per heavy atom. The molecule has 0 atom stereocenters. The van der Waals surface area contributed by atoms with Crippen molar-refractivity contribution in [2.45, 2.75) is 20.3 Å². The van der Waals surface area contributed by atoms with Gasteiger partial charge in [0.2, 0.25) is 5.95 Å². The van der Waals surface area contributed by atoms with Crippen LogP contribution in [0.4, 0.5) is 17.5 Å². The van der Waals surface area contributed by atoms with Gasteiger partial charge in [0.05, 0.1) is 5.39 Å². The van der Waals surface area contributed by atoms with Crippen LogP contribution >= 0.6 is 11.3 Å². The fraction of sp³-hybridized carbons (Fsp3) is 0.250. The number of nitrogens with one attached hydrogen (secondary N) is 2. The minimum atomic E-state index is 0.637. The smallest absolute Gasteiger partial charge is 0.225 e. The highest BCUT2D eigenvalue weighted by atomic mass is 32.1. The van der Waals surface area contributed by atoms with E-state index in [1.54, 1.807) is 11.3 Å². The molecule has 0 saturated carbocycles. The molecule has 2 heterocycles. The van der Waals surface area contributed by atoms with Crippen LogP contribution in [0.15, 0.2) is 30.3 Å². The predicted octanol–water partition coefficient (Wildman–Crippen LogP) is 4.35. The summed E-state index contributed by atoms with van der Waals surface area (Å²) >= 11 is 1.68. The van der Waals surface area contributed by atoms with Crippen LogP contribution in [0.2, 0.25) is 0 Å². The maximum atomic E-state index is 4.56. The number of benzene rings is 1. The largest absolute Gasteiger partial charge is 0.357 e. The second-order valence-corrected chi connectivity index (χ2v) is 6.14. The molecule has 0 aliphatic carbocycles. The molecule has 2 N–H and O–H groups in total. The summed E-state index contributed by atoms with van der Waals surface area (Å²) in [5, 5.41) is 7.51. The van der Waals surface area contributed by atoms with E-state index in [9.17, 15) is 0 Å². The van der Waals surface area contributed by atoms with E-state index in [0.29, 0.717) is 5.95 Å². The van der Waals surface area contributed by atoms with E-state index in [4.69, 9.17) is 0 Å². The molecule has 0 fully saturated rings. The van der Waals surface area contributed by atoms with E-state index < -0.39 is 0 Å². The van der Waals surface area contributed by atoms with Crippen LogP contribution in [0.1, 0.15) is 17.4 Å². The molecule has 5 heteroatoms. The topological polar surface area (TPSA) is 49.8 Å². The lowest BCUT2D eigenvalue weighted by Gasteiger charge is -2.09. The van der Waals surface area contributed by atoms with Gasteiger partial charge in [0.15, 0.2) is 0 Å². The molecular weight excluding hydrogens is 280 g/mol. The first-order chi connectivity index (χ1) is 10.2. The van der Waals surface area contributed by atoms with Crippen molar-refractivity contribution < 1.29 is 0 Å². The lowest BCUT2D eigenvalue weighted by Crippen LogP contribution is -2.01. The van der Waals surface area contributed by atoms with Gasteiger partial charge in [-0.15, -0.1) is 11.3 Å². The highest BCUT2D eigenvalue weighted by Gasteiger charge is 2.10. The molecule has 2 aromatic heterocycles. The Kier molecular flexibility index (Phi) is 3.75. The second kappa shape index (κ2) is 5.69. The van der Waals surface area contributed by atoms with Crippen molar-refractivity contribution in [3.8, 4) is 0 Å². The molecule has 0 radical (unpaired) electrons. The first kappa shape index (κ1) is 13.8. The van der Waals surface area contributed by atoms with Gasteiger partial charge in [0, 0.05) is 17.6 Å². The average Bonchev–Trinajstić information content (AvgIpc) is 2.88. The molecule has 0 amide bonds. The minimum Gasteiger partial charge on any atom is -0.357 e. The number of hydrogen-bond acceptors (Lipinski definition) is 5. The van der Waals surface area contributed by atoms with Gasteiger partial charge < -0.3 is 10.6 Å². The molecule has 21 heavy (non-hydrogen) atoms. The zero-order valence-electron chi connectivity index (χ0n) is 12.4. The summed E-state index contributed by atoms with van der Waals surface area (Å²) in [5.41, 5.74) is 2.36. The number of aromatic nitrogens is 2. The molecule has 108 valence electrons. The molecule has 3 aromatic rings. The third-order valence-electron chi connectivity index (χ3n) is 3.34. The first-order valence-electron chi connectivity index (χ1n) is 7.01. The molecule has 3 rings (SSSR count). The number of fused-ring (bicyclic) bond motifs is 1. The van der Waals surface area contributed by atoms with E-state index in [-0.39, 0.29) is 0 Å². The molecule has 4 nitrogen and oxygen atoms in total. The number of aryl methyl sites for hydroxylation is 2. The Balaban J connectivity index is 2.05. The van der Waals surface area contributed by atoms with E-state index in [2.05, 4.69) is 64.8 Å². The number of hydrogen-bond donors (Lipinski definition) is 2. The van der Waals surface area contributed by atoms with E-state index >= 15 is 0 Å². The van der Waals surface area contributed by atoms with Crippen LogP contribution in [-0.2, 0) is 6.42 Å². The van der Waals surface area contributed by atoms with E-state index in [1.165, 1.54) is 10.4 Å². The summed E-state index contributed by atoms with van der Waals surface area (Å²) < 4.78 is 0. The summed E-state index contributed by atoms with van der Waals surface area (Å²) in [4.78, 5) is 11.3. The molecule has 1 aromatic carbocycles. The summed E-state index contributed by atoms with van der Waals surface area (Å²) in [6.45, 7) is 4.25. The quantitative estimate of drug-likeness (QED) is 0.752. The normalized spacial score (nSPS) is 10.8. The Morgan fingerprint density at radius 1 is 1.19 bits per heavy atom. The maximum absolute atomic E-state index is 4.56. The second-order valence-electron chi connectivity index (χ2n) is 4.90. The molecule has 0 aliphatic rings. The summed E-state index contributed by atoms with van der Waals surface area (Å²) in [7, 11) is 1.84. The zero-order chi connectivity index (χ0) is 14.8. The summed E-state index contributed by atoms with van der Waals surface area (Å²) in [6, 6.07) is 10.6. The van der Waals surface area contributed by atoms with Crippen LogP contribution in [-0.4, -0.2) is 17.0 Å². The van der Waals surface area contributed by atoms with Crippen molar-refractivity contribution in [2.24, 2.45) is 0 Å². The van der Waals surface area contributed by atoms with Gasteiger partial charge >= 0.3 is 0 Å². The Labute approximate surface area is 128 Å². The average molecular weight is 298 g/mol. The highest BCUT2D eigenvalue weighted by Crippen LogP contribution is 2.31. The Bertz CT molecular complexity index is 779. The van der Waals surface area contributed by atoms with Crippen LogP contribution in [0, 0.1) is 6.92 Å². The SMILES string of the molecule is CCc1cccc(Nc2nc(NC)nc3sc(C)cc23)c1. The van der Waals surface area contributed by atoms with Crippen LogP contribution in [0.5, 0.6) is 0 Å². The van der Waals surface area contributed by atoms with Gasteiger partial charge in [-0.05, 0) is 37.1 Å². The lowest BCUT2D eigenvalue weighted by atomic mass is 10.1. The highest BCUT2D eigenvalue weighted by molar-refractivity contribution is 7.18. The van der Waals surface area contributed by atoms with Crippen molar-refractivity contribution in [3.05, 3.63) is 40.8 Å². The molecule has 0 saturated heterocycles.